The molecule has 0 saturated heterocycles. The van der Waals surface area contributed by atoms with E-state index >= 15 is 0 Å². The van der Waals surface area contributed by atoms with Gasteiger partial charge in [-0.15, -0.1) is 28.3 Å². The van der Waals surface area contributed by atoms with Gasteiger partial charge in [0.1, 0.15) is 0 Å². The summed E-state index contributed by atoms with van der Waals surface area (Å²) in [7, 11) is 0. The van der Waals surface area contributed by atoms with Crippen molar-refractivity contribution in [1.29, 1.82) is 0 Å². The van der Waals surface area contributed by atoms with E-state index in [1.54, 1.807) is 11.3 Å². The summed E-state index contributed by atoms with van der Waals surface area (Å²) in [5.74, 6) is 0.781. The molecule has 2 rings (SSSR count). The molecule has 15 heavy (non-hydrogen) atoms. The standard InChI is InChI=1S/C9H13N3OS.BrH/c13-7-4-10-9(11-5-7)12-6-8-2-1-3-14-8;/h1-3,7,13H,4-6H2,(H2,10,11,12);1H. The summed E-state index contributed by atoms with van der Waals surface area (Å²) in [5.41, 5.74) is 0. The van der Waals surface area contributed by atoms with E-state index in [1.807, 2.05) is 6.07 Å². The fraction of sp³-hybridized carbons (Fsp3) is 0.444. The predicted molar refractivity (Wildman–Crippen MR) is 67.8 cm³/mol. The molecule has 0 aliphatic carbocycles. The monoisotopic (exact) mass is 291 g/mol. The predicted octanol–water partition coefficient (Wildman–Crippen LogP) is 0.736. The normalized spacial score (nSPS) is 19.8. The third kappa shape index (κ3) is 3.81. The van der Waals surface area contributed by atoms with Gasteiger partial charge in [0.15, 0.2) is 5.96 Å². The van der Waals surface area contributed by atoms with Crippen molar-refractivity contribution in [2.45, 2.75) is 12.6 Å². The second kappa shape index (κ2) is 6.09. The average molecular weight is 292 g/mol. The highest BCUT2D eigenvalue weighted by molar-refractivity contribution is 8.93. The van der Waals surface area contributed by atoms with Crippen molar-refractivity contribution in [3.8, 4) is 0 Å². The van der Waals surface area contributed by atoms with Crippen molar-refractivity contribution in [3.63, 3.8) is 0 Å². The van der Waals surface area contributed by atoms with Crippen LogP contribution in [0.3, 0.4) is 0 Å². The number of thiophene rings is 1. The van der Waals surface area contributed by atoms with Crippen LogP contribution in [0.15, 0.2) is 22.5 Å². The van der Waals surface area contributed by atoms with Gasteiger partial charge in [-0.3, -0.25) is 4.99 Å². The molecule has 1 aromatic heterocycles. The number of aliphatic hydroxyl groups is 1. The second-order valence-electron chi connectivity index (χ2n) is 3.16. The molecule has 1 aromatic rings. The molecule has 0 bridgehead atoms. The van der Waals surface area contributed by atoms with Crippen LogP contribution in [0.4, 0.5) is 0 Å². The maximum Gasteiger partial charge on any atom is 0.191 e. The summed E-state index contributed by atoms with van der Waals surface area (Å²) in [6.07, 6.45) is -0.345. The van der Waals surface area contributed by atoms with Gasteiger partial charge in [0.2, 0.25) is 0 Å². The van der Waals surface area contributed by atoms with Gasteiger partial charge in [0.05, 0.1) is 19.2 Å². The lowest BCUT2D eigenvalue weighted by atomic mass is 10.3. The van der Waals surface area contributed by atoms with Crippen molar-refractivity contribution in [2.75, 3.05) is 13.1 Å². The first-order valence-electron chi connectivity index (χ1n) is 4.57. The van der Waals surface area contributed by atoms with Crippen LogP contribution in [0.2, 0.25) is 0 Å². The highest BCUT2D eigenvalue weighted by Crippen LogP contribution is 2.07. The molecule has 0 spiro atoms. The van der Waals surface area contributed by atoms with E-state index in [9.17, 15) is 5.11 Å². The van der Waals surface area contributed by atoms with Gasteiger partial charge in [0.25, 0.3) is 0 Å². The van der Waals surface area contributed by atoms with Crippen LogP contribution in [0.25, 0.3) is 0 Å². The van der Waals surface area contributed by atoms with Gasteiger partial charge in [0, 0.05) is 11.4 Å². The Morgan fingerprint density at radius 2 is 2.53 bits per heavy atom. The number of nitrogens with one attached hydrogen (secondary N) is 2. The number of aliphatic hydroxyl groups excluding tert-OH is 1. The Balaban J connectivity index is 0.00000112. The third-order valence-corrected chi connectivity index (χ3v) is 2.85. The molecule has 0 aromatic carbocycles. The largest absolute Gasteiger partial charge is 0.389 e. The molecular weight excluding hydrogens is 278 g/mol. The van der Waals surface area contributed by atoms with Gasteiger partial charge in [-0.1, -0.05) is 6.07 Å². The Morgan fingerprint density at radius 1 is 1.67 bits per heavy atom. The molecule has 0 fully saturated rings. The number of rotatable bonds is 2. The fourth-order valence-corrected chi connectivity index (χ4v) is 1.88. The first-order valence-corrected chi connectivity index (χ1v) is 5.45. The van der Waals surface area contributed by atoms with Crippen LogP contribution in [-0.4, -0.2) is 30.3 Å². The highest BCUT2D eigenvalue weighted by atomic mass is 79.9. The SMILES string of the molecule is Br.OC1CN=C(NCc2cccs2)NC1. The molecular formula is C9H14BrN3OS. The Morgan fingerprint density at radius 3 is 3.13 bits per heavy atom. The van der Waals surface area contributed by atoms with Gasteiger partial charge < -0.3 is 15.7 Å². The molecule has 1 atom stereocenters. The van der Waals surface area contributed by atoms with Crippen molar-refractivity contribution >= 4 is 34.3 Å². The average Bonchev–Trinajstić information content (AvgIpc) is 2.70. The van der Waals surface area contributed by atoms with Gasteiger partial charge in [-0.2, -0.15) is 0 Å². The molecule has 2 heterocycles. The van der Waals surface area contributed by atoms with Gasteiger partial charge in [-0.25, -0.2) is 0 Å². The zero-order valence-electron chi connectivity index (χ0n) is 8.14. The smallest absolute Gasteiger partial charge is 0.191 e. The van der Waals surface area contributed by atoms with E-state index < -0.39 is 0 Å². The summed E-state index contributed by atoms with van der Waals surface area (Å²) in [4.78, 5) is 5.44. The molecule has 0 radical (unpaired) electrons. The molecule has 1 aliphatic heterocycles. The van der Waals surface area contributed by atoms with Crippen molar-refractivity contribution < 1.29 is 5.11 Å². The van der Waals surface area contributed by atoms with Gasteiger partial charge >= 0.3 is 0 Å². The summed E-state index contributed by atoms with van der Waals surface area (Å²) >= 11 is 1.72. The first-order chi connectivity index (χ1) is 6.84. The number of guanidine groups is 1. The maximum atomic E-state index is 9.18. The maximum absolute atomic E-state index is 9.18. The van der Waals surface area contributed by atoms with E-state index in [0.717, 1.165) is 12.5 Å². The van der Waals surface area contributed by atoms with E-state index in [4.69, 9.17) is 0 Å². The molecule has 6 heteroatoms. The molecule has 1 aliphatic rings. The molecule has 0 saturated carbocycles. The Kier molecular flexibility index (Phi) is 5.07. The van der Waals surface area contributed by atoms with Crippen molar-refractivity contribution in [2.24, 2.45) is 4.99 Å². The Labute approximate surface area is 103 Å². The fourth-order valence-electron chi connectivity index (χ4n) is 1.23. The van der Waals surface area contributed by atoms with Crippen LogP contribution in [-0.2, 0) is 6.54 Å². The lowest BCUT2D eigenvalue weighted by molar-refractivity contribution is 0.180. The summed E-state index contributed by atoms with van der Waals surface area (Å²) in [6, 6.07) is 4.11. The number of hydrogen-bond acceptors (Lipinski definition) is 5. The topological polar surface area (TPSA) is 56.7 Å². The summed E-state index contributed by atoms with van der Waals surface area (Å²) in [6.45, 7) is 1.86. The van der Waals surface area contributed by atoms with E-state index in [1.165, 1.54) is 4.88 Å². The van der Waals surface area contributed by atoms with Crippen molar-refractivity contribution in [1.82, 2.24) is 10.6 Å². The number of aliphatic imine (C=N–C) groups is 1. The van der Waals surface area contributed by atoms with Crippen LogP contribution < -0.4 is 10.6 Å². The molecule has 1 unspecified atom stereocenters. The minimum atomic E-state index is -0.345. The number of β-amino-alcohol motifs (C(OH)–C–C–N with tert-alkyl or cyclic N) is 1. The van der Waals surface area contributed by atoms with Gasteiger partial charge in [-0.05, 0) is 11.4 Å². The minimum Gasteiger partial charge on any atom is -0.389 e. The number of halogens is 1. The van der Waals surface area contributed by atoms with E-state index in [0.29, 0.717) is 13.1 Å². The lowest BCUT2D eigenvalue weighted by Crippen LogP contribution is -2.45. The molecule has 3 N–H and O–H groups in total. The first kappa shape index (κ1) is 12.5. The van der Waals surface area contributed by atoms with E-state index in [-0.39, 0.29) is 23.1 Å². The number of nitrogens with zero attached hydrogens (tertiary/aromatic N) is 1. The van der Waals surface area contributed by atoms with Crippen molar-refractivity contribution in [3.05, 3.63) is 22.4 Å². The highest BCUT2D eigenvalue weighted by Gasteiger charge is 2.10. The third-order valence-electron chi connectivity index (χ3n) is 1.98. The van der Waals surface area contributed by atoms with Crippen LogP contribution >= 0.6 is 28.3 Å². The second-order valence-corrected chi connectivity index (χ2v) is 4.19. The van der Waals surface area contributed by atoms with Crippen LogP contribution in [0.5, 0.6) is 0 Å². The summed E-state index contributed by atoms with van der Waals surface area (Å²) < 4.78 is 0. The molecule has 84 valence electrons. The quantitative estimate of drug-likeness (QED) is 0.753. The minimum absolute atomic E-state index is 0. The van der Waals surface area contributed by atoms with Crippen LogP contribution in [0.1, 0.15) is 4.88 Å². The Hall–Kier alpha value is -0.590. The van der Waals surface area contributed by atoms with E-state index in [2.05, 4.69) is 27.1 Å². The molecule has 0 amide bonds. The zero-order chi connectivity index (χ0) is 9.80. The zero-order valence-corrected chi connectivity index (χ0v) is 10.7. The lowest BCUT2D eigenvalue weighted by Gasteiger charge is -2.19. The summed E-state index contributed by atoms with van der Waals surface area (Å²) in [5, 5.41) is 17.4. The van der Waals surface area contributed by atoms with Crippen LogP contribution in [0, 0.1) is 0 Å². The Bertz CT molecular complexity index is 315. The number of hydrogen-bond donors (Lipinski definition) is 3. The molecule has 4 nitrogen and oxygen atoms in total.